The van der Waals surface area contributed by atoms with Gasteiger partial charge in [-0.05, 0) is 18.2 Å². The second-order valence-electron chi connectivity index (χ2n) is 4.80. The van der Waals surface area contributed by atoms with Gasteiger partial charge in [0.25, 0.3) is 5.56 Å². The van der Waals surface area contributed by atoms with Crippen LogP contribution in [0.4, 0.5) is 17.6 Å². The molecule has 1 N–H and O–H groups in total. The van der Waals surface area contributed by atoms with Gasteiger partial charge in [-0.2, -0.15) is 8.78 Å². The molecule has 0 spiro atoms. The van der Waals surface area contributed by atoms with Gasteiger partial charge in [-0.25, -0.2) is 18.4 Å². The highest BCUT2D eigenvalue weighted by Crippen LogP contribution is 2.27. The molecule has 0 aliphatic rings. The van der Waals surface area contributed by atoms with Crippen LogP contribution in [-0.4, -0.2) is 21.4 Å². The SMILES string of the molecule is O=c1cc(-c2c(F)cccc2F)[nH]n1-c1cc(Cl)cnc1OC(F)F. The summed E-state index contributed by atoms with van der Waals surface area (Å²) < 4.78 is 57.7. The first kappa shape index (κ1) is 17.0. The van der Waals surface area contributed by atoms with Gasteiger partial charge in [0.2, 0.25) is 5.88 Å². The Balaban J connectivity index is 2.17. The Kier molecular flexibility index (Phi) is 4.49. The van der Waals surface area contributed by atoms with Crippen LogP contribution in [0, 0.1) is 11.6 Å². The molecular weight excluding hydrogens is 366 g/mol. The van der Waals surface area contributed by atoms with Crippen molar-refractivity contribution in [1.82, 2.24) is 14.8 Å². The molecule has 0 fully saturated rings. The van der Waals surface area contributed by atoms with Gasteiger partial charge in [0, 0.05) is 12.3 Å². The normalized spacial score (nSPS) is 11.1. The van der Waals surface area contributed by atoms with Gasteiger partial charge in [0.1, 0.15) is 17.3 Å². The third-order valence-electron chi connectivity index (χ3n) is 3.19. The number of hydrogen-bond acceptors (Lipinski definition) is 3. The Hall–Kier alpha value is -2.81. The molecule has 0 saturated carbocycles. The summed E-state index contributed by atoms with van der Waals surface area (Å²) in [6.07, 6.45) is 1.05. The summed E-state index contributed by atoms with van der Waals surface area (Å²) in [5, 5.41) is 2.48. The van der Waals surface area contributed by atoms with E-state index in [1.807, 2.05) is 0 Å². The first-order valence-corrected chi connectivity index (χ1v) is 7.12. The average Bonchev–Trinajstić information content (AvgIpc) is 2.90. The molecule has 0 radical (unpaired) electrons. The van der Waals surface area contributed by atoms with Crippen molar-refractivity contribution in [3.8, 4) is 22.8 Å². The predicted octanol–water partition coefficient (Wildman–Crippen LogP) is 3.76. The quantitative estimate of drug-likeness (QED) is 0.708. The molecule has 10 heteroatoms. The zero-order chi connectivity index (χ0) is 18.1. The molecule has 3 aromatic rings. The Labute approximate surface area is 142 Å². The van der Waals surface area contributed by atoms with E-state index in [1.54, 1.807) is 0 Å². The van der Waals surface area contributed by atoms with Crippen LogP contribution in [0.3, 0.4) is 0 Å². The van der Waals surface area contributed by atoms with Crippen molar-refractivity contribution in [3.63, 3.8) is 0 Å². The van der Waals surface area contributed by atoms with Crippen molar-refractivity contribution in [2.24, 2.45) is 0 Å². The van der Waals surface area contributed by atoms with Gasteiger partial charge in [-0.15, -0.1) is 0 Å². The summed E-state index contributed by atoms with van der Waals surface area (Å²) in [7, 11) is 0. The number of nitrogens with zero attached hydrogens (tertiary/aromatic N) is 2. The molecule has 0 atom stereocenters. The van der Waals surface area contributed by atoms with Crippen LogP contribution in [-0.2, 0) is 0 Å². The van der Waals surface area contributed by atoms with Gasteiger partial charge in [-0.1, -0.05) is 17.7 Å². The molecule has 5 nitrogen and oxygen atoms in total. The summed E-state index contributed by atoms with van der Waals surface area (Å²) >= 11 is 5.78. The number of pyridine rings is 1. The van der Waals surface area contributed by atoms with Crippen molar-refractivity contribution in [2.75, 3.05) is 0 Å². The molecule has 0 aliphatic carbocycles. The highest BCUT2D eigenvalue weighted by Gasteiger charge is 2.19. The van der Waals surface area contributed by atoms with Crippen molar-refractivity contribution < 1.29 is 22.3 Å². The van der Waals surface area contributed by atoms with Crippen LogP contribution >= 0.6 is 11.6 Å². The van der Waals surface area contributed by atoms with Gasteiger partial charge in [0.15, 0.2) is 0 Å². The van der Waals surface area contributed by atoms with Crippen LogP contribution in [0.2, 0.25) is 5.02 Å². The molecule has 0 saturated heterocycles. The van der Waals surface area contributed by atoms with E-state index in [9.17, 15) is 22.4 Å². The molecule has 2 aromatic heterocycles. The predicted molar refractivity (Wildman–Crippen MR) is 81.2 cm³/mol. The highest BCUT2D eigenvalue weighted by molar-refractivity contribution is 6.30. The lowest BCUT2D eigenvalue weighted by Crippen LogP contribution is -2.16. The van der Waals surface area contributed by atoms with E-state index >= 15 is 0 Å². The van der Waals surface area contributed by atoms with Crippen LogP contribution < -0.4 is 10.3 Å². The van der Waals surface area contributed by atoms with E-state index in [0.717, 1.165) is 35.1 Å². The number of nitrogens with one attached hydrogen (secondary N) is 1. The van der Waals surface area contributed by atoms with E-state index in [2.05, 4.69) is 14.8 Å². The maximum absolute atomic E-state index is 13.9. The topological polar surface area (TPSA) is 59.9 Å². The fourth-order valence-electron chi connectivity index (χ4n) is 2.21. The van der Waals surface area contributed by atoms with E-state index < -0.39 is 35.2 Å². The Morgan fingerprint density at radius 1 is 1.20 bits per heavy atom. The number of ether oxygens (including phenoxy) is 1. The number of H-pyrrole nitrogens is 1. The zero-order valence-corrected chi connectivity index (χ0v) is 12.9. The monoisotopic (exact) mass is 373 g/mol. The van der Waals surface area contributed by atoms with Crippen molar-refractivity contribution in [3.05, 3.63) is 63.5 Å². The molecule has 130 valence electrons. The van der Waals surface area contributed by atoms with Crippen molar-refractivity contribution in [1.29, 1.82) is 0 Å². The fourth-order valence-corrected chi connectivity index (χ4v) is 2.36. The molecular formula is C15H8ClF4N3O2. The van der Waals surface area contributed by atoms with E-state index in [1.165, 1.54) is 6.07 Å². The fraction of sp³-hybridized carbons (Fsp3) is 0.0667. The van der Waals surface area contributed by atoms with E-state index in [-0.39, 0.29) is 16.4 Å². The number of benzene rings is 1. The number of alkyl halides is 2. The second kappa shape index (κ2) is 6.60. The number of hydrogen-bond donors (Lipinski definition) is 1. The lowest BCUT2D eigenvalue weighted by Gasteiger charge is -2.10. The number of rotatable bonds is 4. The summed E-state index contributed by atoms with van der Waals surface area (Å²) in [6, 6.07) is 5.25. The lowest BCUT2D eigenvalue weighted by atomic mass is 10.1. The van der Waals surface area contributed by atoms with E-state index in [0.29, 0.717) is 0 Å². The molecule has 0 aliphatic heterocycles. The molecule has 0 amide bonds. The van der Waals surface area contributed by atoms with Crippen LogP contribution in [0.5, 0.6) is 5.88 Å². The first-order valence-electron chi connectivity index (χ1n) is 6.74. The average molecular weight is 374 g/mol. The summed E-state index contributed by atoms with van der Waals surface area (Å²) in [4.78, 5) is 15.7. The number of aromatic amines is 1. The van der Waals surface area contributed by atoms with Crippen LogP contribution in [0.1, 0.15) is 0 Å². The third-order valence-corrected chi connectivity index (χ3v) is 3.40. The smallest absolute Gasteiger partial charge is 0.388 e. The molecule has 1 aromatic carbocycles. The zero-order valence-electron chi connectivity index (χ0n) is 12.1. The second-order valence-corrected chi connectivity index (χ2v) is 5.23. The number of halogens is 5. The van der Waals surface area contributed by atoms with Crippen LogP contribution in [0.25, 0.3) is 16.9 Å². The molecule has 3 rings (SSSR count). The molecule has 0 unspecified atom stereocenters. The summed E-state index contributed by atoms with van der Waals surface area (Å²) in [5.74, 6) is -2.38. The van der Waals surface area contributed by atoms with Gasteiger partial charge >= 0.3 is 6.61 Å². The van der Waals surface area contributed by atoms with Gasteiger partial charge in [-0.3, -0.25) is 9.89 Å². The Morgan fingerprint density at radius 3 is 2.52 bits per heavy atom. The minimum absolute atomic E-state index is 0.0386. The largest absolute Gasteiger partial charge is 0.415 e. The minimum atomic E-state index is -3.19. The van der Waals surface area contributed by atoms with Crippen molar-refractivity contribution >= 4 is 11.6 Å². The van der Waals surface area contributed by atoms with Crippen molar-refractivity contribution in [2.45, 2.75) is 6.61 Å². The third kappa shape index (κ3) is 3.36. The summed E-state index contributed by atoms with van der Waals surface area (Å²) in [5.41, 5.74) is -1.67. The van der Waals surface area contributed by atoms with E-state index in [4.69, 9.17) is 11.6 Å². The summed E-state index contributed by atoms with van der Waals surface area (Å²) in [6.45, 7) is -3.19. The molecule has 2 heterocycles. The molecule has 25 heavy (non-hydrogen) atoms. The Bertz CT molecular complexity index is 967. The maximum Gasteiger partial charge on any atom is 0.388 e. The number of aromatic nitrogens is 3. The Morgan fingerprint density at radius 2 is 1.88 bits per heavy atom. The molecule has 0 bridgehead atoms. The standard InChI is InChI=1S/C15H8ClF4N3O2/c16-7-4-11(14(21-6-7)25-15(19)20)23-12(24)5-10(22-23)13-8(17)2-1-3-9(13)18/h1-6,15,22H. The first-order chi connectivity index (χ1) is 11.9. The highest BCUT2D eigenvalue weighted by atomic mass is 35.5. The maximum atomic E-state index is 13.9. The van der Waals surface area contributed by atoms with Gasteiger partial charge in [0.05, 0.1) is 16.3 Å². The van der Waals surface area contributed by atoms with Crippen LogP contribution in [0.15, 0.2) is 41.3 Å². The minimum Gasteiger partial charge on any atom is -0.415 e. The van der Waals surface area contributed by atoms with Gasteiger partial charge < -0.3 is 4.74 Å². The lowest BCUT2D eigenvalue weighted by molar-refractivity contribution is -0.0529.